The highest BCUT2D eigenvalue weighted by atomic mass is 32.1. The zero-order valence-corrected chi connectivity index (χ0v) is 10.2. The number of aromatic nitrogens is 1. The Balaban J connectivity index is 1.87. The normalized spacial score (nSPS) is 26.0. The Labute approximate surface area is 94.9 Å². The number of nitrogens with zero attached hydrogens (tertiary/aromatic N) is 1. The number of rotatable bonds is 4. The Morgan fingerprint density at radius 3 is 3.13 bits per heavy atom. The first-order valence-corrected chi connectivity index (χ1v) is 6.36. The van der Waals surface area contributed by atoms with Gasteiger partial charge in [-0.3, -0.25) is 0 Å². The van der Waals surface area contributed by atoms with Crippen molar-refractivity contribution in [2.24, 2.45) is 0 Å². The van der Waals surface area contributed by atoms with Gasteiger partial charge in [-0.25, -0.2) is 4.98 Å². The minimum Gasteiger partial charge on any atom is -0.379 e. The van der Waals surface area contributed by atoms with Crippen molar-refractivity contribution in [2.45, 2.75) is 38.8 Å². The van der Waals surface area contributed by atoms with Crippen molar-refractivity contribution in [3.05, 3.63) is 16.1 Å². The third kappa shape index (κ3) is 2.77. The lowest BCUT2D eigenvalue weighted by atomic mass is 10.0. The molecule has 1 atom stereocenters. The fourth-order valence-electron chi connectivity index (χ4n) is 1.70. The molecule has 84 valence electrons. The van der Waals surface area contributed by atoms with Gasteiger partial charge in [-0.1, -0.05) is 6.92 Å². The van der Waals surface area contributed by atoms with Crippen LogP contribution in [-0.4, -0.2) is 23.7 Å². The number of aryl methyl sites for hydroxylation is 1. The van der Waals surface area contributed by atoms with Crippen molar-refractivity contribution < 1.29 is 4.74 Å². The average Bonchev–Trinajstić information content (AvgIpc) is 2.84. The third-order valence-corrected chi connectivity index (χ3v) is 3.86. The van der Waals surface area contributed by atoms with Crippen molar-refractivity contribution in [3.8, 4) is 0 Å². The van der Waals surface area contributed by atoms with Gasteiger partial charge in [0.2, 0.25) is 0 Å². The highest BCUT2D eigenvalue weighted by molar-refractivity contribution is 7.09. The molecule has 1 aromatic rings. The zero-order chi connectivity index (χ0) is 10.7. The Hall–Kier alpha value is -0.450. The van der Waals surface area contributed by atoms with E-state index in [1.54, 1.807) is 11.3 Å². The van der Waals surface area contributed by atoms with Crippen LogP contribution in [0.1, 0.15) is 31.0 Å². The summed E-state index contributed by atoms with van der Waals surface area (Å²) in [7, 11) is 0. The molecule has 2 heterocycles. The molecule has 1 aromatic heterocycles. The summed E-state index contributed by atoms with van der Waals surface area (Å²) in [6.07, 6.45) is 2.13. The molecule has 3 nitrogen and oxygen atoms in total. The summed E-state index contributed by atoms with van der Waals surface area (Å²) in [5.74, 6) is 0. The number of nitrogens with one attached hydrogen (secondary N) is 1. The van der Waals surface area contributed by atoms with Crippen LogP contribution in [0.5, 0.6) is 0 Å². The molecule has 0 radical (unpaired) electrons. The fraction of sp³-hybridized carbons (Fsp3) is 0.727. The van der Waals surface area contributed by atoms with Crippen LogP contribution in [0.2, 0.25) is 0 Å². The van der Waals surface area contributed by atoms with Gasteiger partial charge in [0.15, 0.2) is 0 Å². The Kier molecular flexibility index (Phi) is 3.38. The number of hydrogen-bond acceptors (Lipinski definition) is 4. The van der Waals surface area contributed by atoms with Crippen molar-refractivity contribution in [2.75, 3.05) is 13.2 Å². The largest absolute Gasteiger partial charge is 0.379 e. The van der Waals surface area contributed by atoms with Crippen LogP contribution in [0.25, 0.3) is 0 Å². The van der Waals surface area contributed by atoms with Crippen LogP contribution in [0.4, 0.5) is 0 Å². The fourth-order valence-corrected chi connectivity index (χ4v) is 2.45. The average molecular weight is 226 g/mol. The number of hydrogen-bond donors (Lipinski definition) is 1. The molecule has 1 fully saturated rings. The standard InChI is InChI=1S/C11H18N2OS/c1-3-10-13-9(7-15-10)6-12-11(2)4-5-14-8-11/h7,12H,3-6,8H2,1-2H3. The van der Waals surface area contributed by atoms with Crippen LogP contribution in [0.3, 0.4) is 0 Å². The Morgan fingerprint density at radius 1 is 1.67 bits per heavy atom. The van der Waals surface area contributed by atoms with Crippen LogP contribution in [-0.2, 0) is 17.7 Å². The molecular weight excluding hydrogens is 208 g/mol. The quantitative estimate of drug-likeness (QED) is 0.852. The molecule has 1 aliphatic rings. The zero-order valence-electron chi connectivity index (χ0n) is 9.38. The van der Waals surface area contributed by atoms with E-state index in [0.29, 0.717) is 0 Å². The van der Waals surface area contributed by atoms with E-state index in [9.17, 15) is 0 Å². The molecule has 1 N–H and O–H groups in total. The van der Waals surface area contributed by atoms with E-state index in [-0.39, 0.29) is 5.54 Å². The first-order chi connectivity index (χ1) is 7.22. The number of thiazole rings is 1. The lowest BCUT2D eigenvalue weighted by molar-refractivity contribution is 0.171. The molecule has 0 spiro atoms. The molecular formula is C11H18N2OS. The van der Waals surface area contributed by atoms with Crippen LogP contribution >= 0.6 is 11.3 Å². The Morgan fingerprint density at radius 2 is 2.53 bits per heavy atom. The molecule has 0 amide bonds. The molecule has 1 aliphatic heterocycles. The van der Waals surface area contributed by atoms with Gasteiger partial charge in [0.1, 0.15) is 0 Å². The summed E-state index contributed by atoms with van der Waals surface area (Å²) >= 11 is 1.75. The SMILES string of the molecule is CCc1nc(CNC2(C)CCOC2)cs1. The summed E-state index contributed by atoms with van der Waals surface area (Å²) in [5.41, 5.74) is 1.31. The molecule has 1 unspecified atom stereocenters. The molecule has 4 heteroatoms. The van der Waals surface area contributed by atoms with Crippen LogP contribution in [0.15, 0.2) is 5.38 Å². The van der Waals surface area contributed by atoms with Gasteiger partial charge in [-0.05, 0) is 19.8 Å². The lowest BCUT2D eigenvalue weighted by Gasteiger charge is -2.22. The number of ether oxygens (including phenoxy) is 1. The second kappa shape index (κ2) is 4.60. The molecule has 0 aliphatic carbocycles. The monoisotopic (exact) mass is 226 g/mol. The molecule has 15 heavy (non-hydrogen) atoms. The molecule has 0 aromatic carbocycles. The van der Waals surface area contributed by atoms with Gasteiger partial charge >= 0.3 is 0 Å². The summed E-state index contributed by atoms with van der Waals surface area (Å²) in [6.45, 7) is 6.91. The van der Waals surface area contributed by atoms with Gasteiger partial charge in [0.05, 0.1) is 17.3 Å². The maximum atomic E-state index is 5.39. The van der Waals surface area contributed by atoms with E-state index < -0.39 is 0 Å². The summed E-state index contributed by atoms with van der Waals surface area (Å²) < 4.78 is 5.39. The van der Waals surface area contributed by atoms with Gasteiger partial charge < -0.3 is 10.1 Å². The summed E-state index contributed by atoms with van der Waals surface area (Å²) in [5, 5.41) is 6.90. The second-order valence-electron chi connectivity index (χ2n) is 4.30. The minimum atomic E-state index is 0.149. The van der Waals surface area contributed by atoms with Crippen molar-refractivity contribution in [1.82, 2.24) is 10.3 Å². The first kappa shape index (κ1) is 11.0. The Bertz CT molecular complexity index is 318. The first-order valence-electron chi connectivity index (χ1n) is 5.48. The topological polar surface area (TPSA) is 34.2 Å². The van der Waals surface area contributed by atoms with Gasteiger partial charge in [0, 0.05) is 24.1 Å². The van der Waals surface area contributed by atoms with E-state index in [1.165, 1.54) is 5.01 Å². The second-order valence-corrected chi connectivity index (χ2v) is 5.25. The van der Waals surface area contributed by atoms with Crippen LogP contribution in [0, 0.1) is 0 Å². The predicted molar refractivity (Wildman–Crippen MR) is 62.2 cm³/mol. The predicted octanol–water partition coefficient (Wildman–Crippen LogP) is 1.97. The van der Waals surface area contributed by atoms with E-state index in [0.717, 1.165) is 38.3 Å². The molecule has 0 saturated carbocycles. The maximum Gasteiger partial charge on any atom is 0.0926 e. The summed E-state index contributed by atoms with van der Waals surface area (Å²) in [6, 6.07) is 0. The van der Waals surface area contributed by atoms with E-state index in [1.807, 2.05) is 0 Å². The molecule has 0 bridgehead atoms. The van der Waals surface area contributed by atoms with E-state index in [4.69, 9.17) is 4.74 Å². The lowest BCUT2D eigenvalue weighted by Crippen LogP contribution is -2.42. The summed E-state index contributed by atoms with van der Waals surface area (Å²) in [4.78, 5) is 4.54. The van der Waals surface area contributed by atoms with Crippen molar-refractivity contribution in [1.29, 1.82) is 0 Å². The third-order valence-electron chi connectivity index (χ3n) is 2.82. The van der Waals surface area contributed by atoms with Crippen molar-refractivity contribution >= 4 is 11.3 Å². The van der Waals surface area contributed by atoms with Gasteiger partial charge in [0.25, 0.3) is 0 Å². The molecule has 2 rings (SSSR count). The molecule has 1 saturated heterocycles. The van der Waals surface area contributed by atoms with Gasteiger partial charge in [-0.15, -0.1) is 11.3 Å². The maximum absolute atomic E-state index is 5.39. The van der Waals surface area contributed by atoms with Gasteiger partial charge in [-0.2, -0.15) is 0 Å². The highest BCUT2D eigenvalue weighted by Crippen LogP contribution is 2.18. The van der Waals surface area contributed by atoms with Crippen molar-refractivity contribution in [3.63, 3.8) is 0 Å². The minimum absolute atomic E-state index is 0.149. The smallest absolute Gasteiger partial charge is 0.0926 e. The van der Waals surface area contributed by atoms with E-state index >= 15 is 0 Å². The van der Waals surface area contributed by atoms with Crippen LogP contribution < -0.4 is 5.32 Å². The highest BCUT2D eigenvalue weighted by Gasteiger charge is 2.28. The van der Waals surface area contributed by atoms with E-state index in [2.05, 4.69) is 29.5 Å².